The Balaban J connectivity index is 1.27. The topological polar surface area (TPSA) is 46.4 Å². The second kappa shape index (κ2) is 12.3. The van der Waals surface area contributed by atoms with Crippen molar-refractivity contribution in [2.75, 3.05) is 11.6 Å². The van der Waals surface area contributed by atoms with Gasteiger partial charge < -0.3 is 14.5 Å². The van der Waals surface area contributed by atoms with E-state index in [2.05, 4.69) is 151 Å². The molecule has 0 saturated heterocycles. The Kier molecular flexibility index (Phi) is 8.06. The Morgan fingerprint density at radius 1 is 0.653 bits per heavy atom. The zero-order valence-electron chi connectivity index (χ0n) is 30.1. The standard InChI is InChI=1S/C43H45N5O/c1-27-16-29(3)41(30(4)17-27)33-12-13-44-40(22-33)48-39-24-37(11-10-34(39)25-45-48)49-38-21-35(42-31(5)18-28(2)19-32(42)6)20-36(23-38)46-14-15-47(26-46)43(7,8)9/h10-25H,26H2,1-9H3. The van der Waals surface area contributed by atoms with Crippen molar-refractivity contribution in [3.8, 4) is 39.6 Å². The van der Waals surface area contributed by atoms with E-state index in [1.165, 1.54) is 44.5 Å². The number of rotatable bonds is 6. The van der Waals surface area contributed by atoms with Crippen LogP contribution in [0.2, 0.25) is 0 Å². The van der Waals surface area contributed by atoms with Crippen molar-refractivity contribution in [2.45, 2.75) is 67.9 Å². The number of aryl methyl sites for hydroxylation is 6. The molecule has 6 nitrogen and oxygen atoms in total. The number of anilines is 1. The van der Waals surface area contributed by atoms with Gasteiger partial charge in [-0.15, -0.1) is 0 Å². The van der Waals surface area contributed by atoms with E-state index in [0.717, 1.165) is 51.7 Å². The minimum Gasteiger partial charge on any atom is -0.457 e. The molecule has 0 atom stereocenters. The summed E-state index contributed by atoms with van der Waals surface area (Å²) in [5.74, 6) is 2.29. The second-order valence-corrected chi connectivity index (χ2v) is 14.6. The molecule has 1 aliphatic heterocycles. The number of fused-ring (bicyclic) bond motifs is 1. The summed E-state index contributed by atoms with van der Waals surface area (Å²) in [7, 11) is 0. The van der Waals surface area contributed by atoms with Gasteiger partial charge in [-0.2, -0.15) is 5.10 Å². The molecule has 248 valence electrons. The normalized spacial score (nSPS) is 13.2. The predicted molar refractivity (Wildman–Crippen MR) is 203 cm³/mol. The van der Waals surface area contributed by atoms with Gasteiger partial charge in [-0.3, -0.25) is 0 Å². The van der Waals surface area contributed by atoms with E-state index in [9.17, 15) is 0 Å². The van der Waals surface area contributed by atoms with Crippen LogP contribution in [0.5, 0.6) is 11.5 Å². The van der Waals surface area contributed by atoms with Gasteiger partial charge in [0.05, 0.1) is 18.4 Å². The fourth-order valence-electron chi connectivity index (χ4n) is 7.32. The van der Waals surface area contributed by atoms with E-state index in [0.29, 0.717) is 0 Å². The molecule has 0 bridgehead atoms. The molecule has 0 aliphatic carbocycles. The second-order valence-electron chi connectivity index (χ2n) is 14.6. The molecule has 49 heavy (non-hydrogen) atoms. The third-order valence-electron chi connectivity index (χ3n) is 9.49. The van der Waals surface area contributed by atoms with E-state index in [-0.39, 0.29) is 5.54 Å². The molecule has 0 unspecified atom stereocenters. The van der Waals surface area contributed by atoms with Crippen LogP contribution in [0.3, 0.4) is 0 Å². The molecule has 0 saturated carbocycles. The zero-order valence-corrected chi connectivity index (χ0v) is 30.1. The lowest BCUT2D eigenvalue weighted by Gasteiger charge is -2.33. The molecule has 0 radical (unpaired) electrons. The molecule has 4 aromatic carbocycles. The minimum atomic E-state index is 0.0247. The molecular weight excluding hydrogens is 603 g/mol. The molecule has 6 aromatic rings. The van der Waals surface area contributed by atoms with Gasteiger partial charge in [0.1, 0.15) is 11.5 Å². The van der Waals surface area contributed by atoms with Gasteiger partial charge in [0, 0.05) is 47.3 Å². The van der Waals surface area contributed by atoms with Crippen LogP contribution in [0.1, 0.15) is 54.2 Å². The minimum absolute atomic E-state index is 0.0247. The maximum absolute atomic E-state index is 6.72. The van der Waals surface area contributed by atoms with Crippen molar-refractivity contribution in [1.29, 1.82) is 0 Å². The number of nitrogens with zero attached hydrogens (tertiary/aromatic N) is 5. The summed E-state index contributed by atoms with van der Waals surface area (Å²) in [5, 5.41) is 5.78. The zero-order chi connectivity index (χ0) is 34.6. The fourth-order valence-corrected chi connectivity index (χ4v) is 7.32. The highest BCUT2D eigenvalue weighted by molar-refractivity contribution is 5.83. The smallest absolute Gasteiger partial charge is 0.154 e. The average Bonchev–Trinajstić information content (AvgIpc) is 3.69. The molecule has 0 amide bonds. The highest BCUT2D eigenvalue weighted by atomic mass is 16.5. The van der Waals surface area contributed by atoms with Crippen molar-refractivity contribution in [1.82, 2.24) is 19.7 Å². The summed E-state index contributed by atoms with van der Waals surface area (Å²) < 4.78 is 8.62. The quantitative estimate of drug-likeness (QED) is 0.180. The Morgan fingerprint density at radius 2 is 1.31 bits per heavy atom. The lowest BCUT2D eigenvalue weighted by molar-refractivity contribution is 0.223. The molecule has 0 fully saturated rings. The van der Waals surface area contributed by atoms with E-state index in [1.807, 2.05) is 23.1 Å². The summed E-state index contributed by atoms with van der Waals surface area (Å²) in [6.45, 7) is 20.5. The number of aromatic nitrogens is 3. The number of hydrogen-bond donors (Lipinski definition) is 0. The van der Waals surface area contributed by atoms with Gasteiger partial charge in [0.15, 0.2) is 5.82 Å². The van der Waals surface area contributed by atoms with Crippen LogP contribution >= 0.6 is 0 Å². The number of benzene rings is 4. The van der Waals surface area contributed by atoms with Crippen LogP contribution < -0.4 is 9.64 Å². The van der Waals surface area contributed by atoms with Crippen LogP contribution in [-0.2, 0) is 0 Å². The maximum atomic E-state index is 6.72. The van der Waals surface area contributed by atoms with E-state index < -0.39 is 0 Å². The Bertz CT molecular complexity index is 2210. The summed E-state index contributed by atoms with van der Waals surface area (Å²) in [5.41, 5.74) is 14.3. The SMILES string of the molecule is Cc1cc(C)c(-c2cc(Oc3ccc4cnn(-c5cc(-c6c(C)cc(C)cc6C)ccn5)c4c3)cc(N3C=CN(C(C)(C)C)C3)c2)c(C)c1. The molecule has 6 heteroatoms. The van der Waals surface area contributed by atoms with Crippen LogP contribution in [-0.4, -0.2) is 31.9 Å². The Labute approximate surface area is 290 Å². The predicted octanol–water partition coefficient (Wildman–Crippen LogP) is 10.7. The highest BCUT2D eigenvalue weighted by Gasteiger charge is 2.25. The largest absolute Gasteiger partial charge is 0.457 e. The fraction of sp³-hybridized carbons (Fsp3) is 0.256. The van der Waals surface area contributed by atoms with Gasteiger partial charge in [0.2, 0.25) is 0 Å². The molecule has 3 heterocycles. The molecule has 0 N–H and O–H groups in total. The first-order valence-electron chi connectivity index (χ1n) is 17.0. The number of hydrogen-bond acceptors (Lipinski definition) is 5. The summed E-state index contributed by atoms with van der Waals surface area (Å²) in [6.07, 6.45) is 8.09. The first-order valence-corrected chi connectivity index (χ1v) is 17.0. The van der Waals surface area contributed by atoms with Gasteiger partial charge >= 0.3 is 0 Å². The van der Waals surface area contributed by atoms with Crippen molar-refractivity contribution >= 4 is 16.6 Å². The molecule has 2 aromatic heterocycles. The van der Waals surface area contributed by atoms with Crippen molar-refractivity contribution in [3.05, 3.63) is 131 Å². The number of ether oxygens (including phenoxy) is 1. The first-order chi connectivity index (χ1) is 23.3. The maximum Gasteiger partial charge on any atom is 0.154 e. The van der Waals surface area contributed by atoms with Crippen LogP contribution in [0.15, 0.2) is 97.6 Å². The monoisotopic (exact) mass is 647 g/mol. The van der Waals surface area contributed by atoms with Crippen LogP contribution in [0.4, 0.5) is 5.69 Å². The van der Waals surface area contributed by atoms with E-state index in [1.54, 1.807) is 0 Å². The summed E-state index contributed by atoms with van der Waals surface area (Å²) >= 11 is 0. The van der Waals surface area contributed by atoms with Gasteiger partial charge in [-0.25, -0.2) is 9.67 Å². The highest BCUT2D eigenvalue weighted by Crippen LogP contribution is 2.38. The molecule has 0 spiro atoms. The average molecular weight is 648 g/mol. The van der Waals surface area contributed by atoms with Crippen LogP contribution in [0.25, 0.3) is 39.0 Å². The summed E-state index contributed by atoms with van der Waals surface area (Å²) in [6, 6.07) is 25.9. The third-order valence-corrected chi connectivity index (χ3v) is 9.49. The molecular formula is C43H45N5O. The molecule has 1 aliphatic rings. The summed E-state index contributed by atoms with van der Waals surface area (Å²) in [4.78, 5) is 9.37. The lowest BCUT2D eigenvalue weighted by atomic mass is 9.93. The first kappa shape index (κ1) is 32.2. The Morgan fingerprint density at radius 3 is 1.94 bits per heavy atom. The number of pyridine rings is 1. The van der Waals surface area contributed by atoms with Crippen molar-refractivity contribution < 1.29 is 4.74 Å². The van der Waals surface area contributed by atoms with E-state index >= 15 is 0 Å². The van der Waals surface area contributed by atoms with Gasteiger partial charge in [-0.05, 0) is 143 Å². The third kappa shape index (κ3) is 6.31. The molecule has 7 rings (SSSR count). The van der Waals surface area contributed by atoms with Gasteiger partial charge in [-0.1, -0.05) is 35.4 Å². The van der Waals surface area contributed by atoms with Gasteiger partial charge in [0.25, 0.3) is 0 Å². The van der Waals surface area contributed by atoms with Crippen molar-refractivity contribution in [3.63, 3.8) is 0 Å². The van der Waals surface area contributed by atoms with Crippen LogP contribution in [0, 0.1) is 41.5 Å². The van der Waals surface area contributed by atoms with Crippen molar-refractivity contribution in [2.24, 2.45) is 0 Å². The Hall–Kier alpha value is -5.36. The van der Waals surface area contributed by atoms with E-state index in [4.69, 9.17) is 14.8 Å². The lowest BCUT2D eigenvalue weighted by Crippen LogP contribution is -2.39.